The quantitative estimate of drug-likeness (QED) is 0.650. The molecule has 8 nitrogen and oxygen atoms in total. The van der Waals surface area contributed by atoms with Crippen molar-refractivity contribution in [3.05, 3.63) is 49.8 Å². The summed E-state index contributed by atoms with van der Waals surface area (Å²) in [5.41, 5.74) is 0.379. The van der Waals surface area contributed by atoms with Crippen molar-refractivity contribution in [2.24, 2.45) is 0 Å². The molecule has 0 fully saturated rings. The smallest absolute Gasteiger partial charge is 0.347 e. The van der Waals surface area contributed by atoms with Crippen LogP contribution in [0, 0.1) is 0 Å². The summed E-state index contributed by atoms with van der Waals surface area (Å²) in [6.45, 7) is 0. The van der Waals surface area contributed by atoms with Gasteiger partial charge in [0.2, 0.25) is 5.75 Å². The van der Waals surface area contributed by atoms with E-state index in [0.717, 1.165) is 15.7 Å². The fourth-order valence-corrected chi connectivity index (χ4v) is 3.53. The first-order valence-electron chi connectivity index (χ1n) is 7.82. The van der Waals surface area contributed by atoms with Crippen LogP contribution in [0.5, 0.6) is 17.2 Å². The lowest BCUT2D eigenvalue weighted by atomic mass is 10.1. The summed E-state index contributed by atoms with van der Waals surface area (Å²) in [6.07, 6.45) is 4.45. The van der Waals surface area contributed by atoms with E-state index in [0.29, 0.717) is 22.8 Å². The van der Waals surface area contributed by atoms with Crippen LogP contribution in [-0.4, -0.2) is 41.8 Å². The molecule has 0 radical (unpaired) electrons. The number of nitrogens with zero attached hydrogens (tertiary/aromatic N) is 2. The maximum Gasteiger partial charge on any atom is 0.347 e. The molecule has 2 aromatic heterocycles. The molecule has 0 aliphatic rings. The lowest BCUT2D eigenvalue weighted by Gasteiger charge is -2.12. The van der Waals surface area contributed by atoms with Gasteiger partial charge in [0.15, 0.2) is 16.5 Å². The summed E-state index contributed by atoms with van der Waals surface area (Å²) in [7, 11) is 4.53. The van der Waals surface area contributed by atoms with Crippen molar-refractivity contribution in [2.75, 3.05) is 21.3 Å². The Morgan fingerprint density at radius 2 is 1.82 bits per heavy atom. The van der Waals surface area contributed by atoms with Crippen molar-refractivity contribution < 1.29 is 24.1 Å². The molecule has 3 rings (SSSR count). The Morgan fingerprint density at radius 1 is 1.18 bits per heavy atom. The Hall–Kier alpha value is -3.04. The van der Waals surface area contributed by atoms with Gasteiger partial charge in [-0.05, 0) is 23.8 Å². The third-order valence-electron chi connectivity index (χ3n) is 3.83. The number of carboxylic acids is 1. The Kier molecular flexibility index (Phi) is 5.57. The van der Waals surface area contributed by atoms with Crippen molar-refractivity contribution in [2.45, 2.75) is 0 Å². The topological polar surface area (TPSA) is 99.4 Å². The first kappa shape index (κ1) is 19.7. The summed E-state index contributed by atoms with van der Waals surface area (Å²) in [5.74, 6) is 0.263. The van der Waals surface area contributed by atoms with Crippen LogP contribution in [-0.2, 0) is 0 Å². The molecule has 3 aromatic rings. The molecule has 28 heavy (non-hydrogen) atoms. The molecule has 0 spiro atoms. The SMILES string of the molecule is COc1cc(/C=C/c2nc3sc(C(=O)O)cn3c(=O)c2Cl)cc(OC)c1OC. The van der Waals surface area contributed by atoms with Crippen LogP contribution in [0.15, 0.2) is 23.1 Å². The van der Waals surface area contributed by atoms with Gasteiger partial charge in [0.1, 0.15) is 9.90 Å². The fourth-order valence-electron chi connectivity index (χ4n) is 2.52. The van der Waals surface area contributed by atoms with Gasteiger partial charge < -0.3 is 19.3 Å². The summed E-state index contributed by atoms with van der Waals surface area (Å²) >= 11 is 7.02. The van der Waals surface area contributed by atoms with Gasteiger partial charge >= 0.3 is 5.97 Å². The predicted molar refractivity (Wildman–Crippen MR) is 106 cm³/mol. The van der Waals surface area contributed by atoms with E-state index in [-0.39, 0.29) is 20.6 Å². The molecule has 0 amide bonds. The maximum absolute atomic E-state index is 12.4. The second-order valence-electron chi connectivity index (χ2n) is 5.46. The highest BCUT2D eigenvalue weighted by Crippen LogP contribution is 2.38. The number of thiazole rings is 1. The van der Waals surface area contributed by atoms with Crippen LogP contribution >= 0.6 is 22.9 Å². The van der Waals surface area contributed by atoms with Gasteiger partial charge in [-0.2, -0.15) is 0 Å². The molecular formula is C18H15ClN2O6S. The number of halogens is 1. The van der Waals surface area contributed by atoms with E-state index < -0.39 is 11.5 Å². The first-order chi connectivity index (χ1) is 13.4. The second-order valence-corrected chi connectivity index (χ2v) is 6.85. The van der Waals surface area contributed by atoms with Gasteiger partial charge in [-0.25, -0.2) is 9.78 Å². The van der Waals surface area contributed by atoms with Crippen molar-refractivity contribution in [3.8, 4) is 17.2 Å². The van der Waals surface area contributed by atoms with Crippen LogP contribution in [0.2, 0.25) is 5.02 Å². The predicted octanol–water partition coefficient (Wildman–Crippen LogP) is 3.30. The molecule has 10 heteroatoms. The van der Waals surface area contributed by atoms with Crippen molar-refractivity contribution >= 4 is 46.0 Å². The first-order valence-corrected chi connectivity index (χ1v) is 9.02. The lowest BCUT2D eigenvalue weighted by molar-refractivity contribution is 0.0701. The zero-order chi connectivity index (χ0) is 20.4. The average molecular weight is 423 g/mol. The molecule has 0 saturated heterocycles. The Labute approximate surface area is 168 Å². The van der Waals surface area contributed by atoms with Crippen molar-refractivity contribution in [1.82, 2.24) is 9.38 Å². The molecular weight excluding hydrogens is 408 g/mol. The Balaban J connectivity index is 2.07. The molecule has 1 aromatic carbocycles. The summed E-state index contributed by atoms with van der Waals surface area (Å²) < 4.78 is 17.0. The number of rotatable bonds is 6. The van der Waals surface area contributed by atoms with E-state index in [1.165, 1.54) is 27.5 Å². The van der Waals surface area contributed by atoms with E-state index in [9.17, 15) is 9.59 Å². The summed E-state index contributed by atoms with van der Waals surface area (Å²) in [5, 5.41) is 8.98. The number of methoxy groups -OCH3 is 3. The molecule has 0 unspecified atom stereocenters. The molecule has 0 saturated carbocycles. The largest absolute Gasteiger partial charge is 0.493 e. The fraction of sp³-hybridized carbons (Fsp3) is 0.167. The van der Waals surface area contributed by atoms with E-state index in [2.05, 4.69) is 4.98 Å². The van der Waals surface area contributed by atoms with Gasteiger partial charge in [0.05, 0.1) is 27.0 Å². The van der Waals surface area contributed by atoms with Gasteiger partial charge in [0, 0.05) is 6.20 Å². The highest BCUT2D eigenvalue weighted by atomic mass is 35.5. The number of benzene rings is 1. The number of carbonyl (C=O) groups is 1. The molecule has 146 valence electrons. The minimum atomic E-state index is -1.14. The number of ether oxygens (including phenoxy) is 3. The zero-order valence-corrected chi connectivity index (χ0v) is 16.6. The standard InChI is InChI=1S/C18H15ClN2O6S/c1-25-11-6-9(7-12(26-2)15(11)27-3)4-5-10-14(19)16(22)21-8-13(17(23)24)28-18(21)20-10/h4-8H,1-3H3,(H,23,24)/b5-4+. The highest BCUT2D eigenvalue weighted by molar-refractivity contribution is 7.18. The van der Waals surface area contributed by atoms with Crippen LogP contribution < -0.4 is 19.8 Å². The molecule has 2 heterocycles. The van der Waals surface area contributed by atoms with Crippen LogP contribution in [0.25, 0.3) is 17.1 Å². The maximum atomic E-state index is 12.4. The third kappa shape index (κ3) is 3.54. The zero-order valence-electron chi connectivity index (χ0n) is 15.1. The minimum Gasteiger partial charge on any atom is -0.493 e. The Morgan fingerprint density at radius 3 is 2.36 bits per heavy atom. The van der Waals surface area contributed by atoms with Gasteiger partial charge in [-0.3, -0.25) is 9.20 Å². The van der Waals surface area contributed by atoms with Crippen molar-refractivity contribution in [1.29, 1.82) is 0 Å². The van der Waals surface area contributed by atoms with E-state index in [1.54, 1.807) is 24.3 Å². The Bertz CT molecular complexity index is 1130. The molecule has 0 atom stereocenters. The molecule has 0 bridgehead atoms. The van der Waals surface area contributed by atoms with Gasteiger partial charge in [-0.15, -0.1) is 0 Å². The van der Waals surface area contributed by atoms with Crippen molar-refractivity contribution in [3.63, 3.8) is 0 Å². The third-order valence-corrected chi connectivity index (χ3v) is 5.16. The van der Waals surface area contributed by atoms with Crippen LogP contribution in [0.1, 0.15) is 20.9 Å². The highest BCUT2D eigenvalue weighted by Gasteiger charge is 2.16. The molecule has 0 aliphatic heterocycles. The number of hydrogen-bond donors (Lipinski definition) is 1. The minimum absolute atomic E-state index is 0.00794. The van der Waals surface area contributed by atoms with Crippen LogP contribution in [0.4, 0.5) is 0 Å². The number of fused-ring (bicyclic) bond motifs is 1. The average Bonchev–Trinajstić information content (AvgIpc) is 3.13. The number of hydrogen-bond acceptors (Lipinski definition) is 7. The van der Waals surface area contributed by atoms with E-state index in [1.807, 2.05) is 0 Å². The summed E-state index contributed by atoms with van der Waals surface area (Å²) in [4.78, 5) is 28.0. The number of aromatic nitrogens is 2. The monoisotopic (exact) mass is 422 g/mol. The molecule has 1 N–H and O–H groups in total. The van der Waals surface area contributed by atoms with Gasteiger partial charge in [-0.1, -0.05) is 29.0 Å². The summed E-state index contributed by atoms with van der Waals surface area (Å²) in [6, 6.07) is 3.45. The second kappa shape index (κ2) is 7.91. The van der Waals surface area contributed by atoms with Gasteiger partial charge in [0.25, 0.3) is 5.56 Å². The lowest BCUT2D eigenvalue weighted by Crippen LogP contribution is -2.14. The normalized spacial score (nSPS) is 11.1. The number of carboxylic acid groups (broad SMARTS) is 1. The molecule has 0 aliphatic carbocycles. The van der Waals surface area contributed by atoms with E-state index >= 15 is 0 Å². The van der Waals surface area contributed by atoms with E-state index in [4.69, 9.17) is 30.9 Å². The number of aromatic carboxylic acids is 1. The van der Waals surface area contributed by atoms with Crippen LogP contribution in [0.3, 0.4) is 0 Å².